The van der Waals surface area contributed by atoms with Crippen molar-refractivity contribution in [2.24, 2.45) is 10.7 Å². The summed E-state index contributed by atoms with van der Waals surface area (Å²) < 4.78 is 5.80. The lowest BCUT2D eigenvalue weighted by Gasteiger charge is -2.08. The van der Waals surface area contributed by atoms with Gasteiger partial charge in [0.25, 0.3) is 0 Å². The number of ether oxygens (including phenoxy) is 1. The molecule has 0 saturated carbocycles. The van der Waals surface area contributed by atoms with Crippen molar-refractivity contribution in [1.29, 1.82) is 0 Å². The number of aliphatic imine (C=N–C) groups is 1. The summed E-state index contributed by atoms with van der Waals surface area (Å²) in [6.07, 6.45) is 4.75. The van der Waals surface area contributed by atoms with E-state index < -0.39 is 0 Å². The van der Waals surface area contributed by atoms with Crippen LogP contribution in [0, 0.1) is 0 Å². The van der Waals surface area contributed by atoms with Crippen molar-refractivity contribution in [2.75, 3.05) is 0 Å². The molecule has 100 valence electrons. The number of rotatable bonds is 3. The molecular formula is C17H16N2O. The van der Waals surface area contributed by atoms with Crippen molar-refractivity contribution < 1.29 is 4.74 Å². The Morgan fingerprint density at radius 1 is 1.10 bits per heavy atom. The van der Waals surface area contributed by atoms with E-state index in [9.17, 15) is 0 Å². The average Bonchev–Trinajstić information content (AvgIpc) is 2.66. The van der Waals surface area contributed by atoms with Crippen molar-refractivity contribution in [3.05, 3.63) is 65.7 Å². The Morgan fingerprint density at radius 2 is 1.95 bits per heavy atom. The third kappa shape index (κ3) is 2.88. The topological polar surface area (TPSA) is 47.6 Å². The number of hydrogen-bond donors (Lipinski definition) is 1. The molecule has 1 aliphatic rings. The second kappa shape index (κ2) is 5.61. The Hall–Kier alpha value is -2.55. The fourth-order valence-electron chi connectivity index (χ4n) is 2.10. The van der Waals surface area contributed by atoms with Crippen LogP contribution < -0.4 is 10.5 Å². The third-order valence-corrected chi connectivity index (χ3v) is 3.14. The normalized spacial score (nSPS) is 13.3. The molecule has 0 radical (unpaired) electrons. The average molecular weight is 264 g/mol. The van der Waals surface area contributed by atoms with E-state index in [1.165, 1.54) is 0 Å². The highest BCUT2D eigenvalue weighted by atomic mass is 16.5. The summed E-state index contributed by atoms with van der Waals surface area (Å²) in [5.74, 6) is 1.43. The predicted molar refractivity (Wildman–Crippen MR) is 82.1 cm³/mol. The molecule has 0 bridgehead atoms. The van der Waals surface area contributed by atoms with E-state index in [0.29, 0.717) is 18.9 Å². The van der Waals surface area contributed by atoms with Gasteiger partial charge in [-0.2, -0.15) is 0 Å². The van der Waals surface area contributed by atoms with Crippen LogP contribution in [-0.2, 0) is 6.61 Å². The lowest BCUT2D eigenvalue weighted by atomic mass is 10.1. The first-order valence-electron chi connectivity index (χ1n) is 6.61. The Labute approximate surface area is 118 Å². The molecule has 0 aliphatic carbocycles. The van der Waals surface area contributed by atoms with Gasteiger partial charge in [0.05, 0.1) is 5.69 Å². The lowest BCUT2D eigenvalue weighted by molar-refractivity contribution is 0.306. The molecule has 2 aromatic rings. The number of nitrogens with two attached hydrogens (primary N) is 1. The quantitative estimate of drug-likeness (QED) is 0.919. The SMILES string of the molecule is NC1=Nc2cc(OCc3ccccc3)ccc2C=CC1. The van der Waals surface area contributed by atoms with E-state index in [1.807, 2.05) is 60.7 Å². The summed E-state index contributed by atoms with van der Waals surface area (Å²) in [5.41, 5.74) is 8.90. The van der Waals surface area contributed by atoms with E-state index in [2.05, 4.69) is 4.99 Å². The van der Waals surface area contributed by atoms with Crippen molar-refractivity contribution in [2.45, 2.75) is 13.0 Å². The molecular weight excluding hydrogens is 248 g/mol. The molecule has 2 N–H and O–H groups in total. The summed E-state index contributed by atoms with van der Waals surface area (Å²) in [6, 6.07) is 16.0. The molecule has 2 aromatic carbocycles. The van der Waals surface area contributed by atoms with Crippen LogP contribution in [0.15, 0.2) is 59.6 Å². The molecule has 3 nitrogen and oxygen atoms in total. The summed E-state index contributed by atoms with van der Waals surface area (Å²) in [6.45, 7) is 0.550. The van der Waals surface area contributed by atoms with Crippen molar-refractivity contribution in [3.63, 3.8) is 0 Å². The maximum atomic E-state index is 5.82. The molecule has 0 saturated heterocycles. The minimum atomic E-state index is 0.550. The highest BCUT2D eigenvalue weighted by molar-refractivity contribution is 5.88. The molecule has 3 rings (SSSR count). The van der Waals surface area contributed by atoms with Crippen LogP contribution in [0.3, 0.4) is 0 Å². The summed E-state index contributed by atoms with van der Waals surface area (Å²) in [5, 5.41) is 0. The number of hydrogen-bond acceptors (Lipinski definition) is 3. The number of fused-ring (bicyclic) bond motifs is 1. The monoisotopic (exact) mass is 264 g/mol. The predicted octanol–water partition coefficient (Wildman–Crippen LogP) is 3.67. The zero-order valence-electron chi connectivity index (χ0n) is 11.1. The second-order valence-corrected chi connectivity index (χ2v) is 4.70. The second-order valence-electron chi connectivity index (χ2n) is 4.70. The summed E-state index contributed by atoms with van der Waals surface area (Å²) in [4.78, 5) is 4.41. The Kier molecular flexibility index (Phi) is 3.50. The fourth-order valence-corrected chi connectivity index (χ4v) is 2.10. The van der Waals surface area contributed by atoms with E-state index in [-0.39, 0.29) is 0 Å². The molecule has 20 heavy (non-hydrogen) atoms. The first kappa shape index (κ1) is 12.5. The molecule has 0 unspecified atom stereocenters. The van der Waals surface area contributed by atoms with Gasteiger partial charge in [0.1, 0.15) is 18.2 Å². The highest BCUT2D eigenvalue weighted by Crippen LogP contribution is 2.28. The van der Waals surface area contributed by atoms with E-state index in [1.54, 1.807) is 0 Å². The van der Waals surface area contributed by atoms with E-state index in [0.717, 1.165) is 22.6 Å². The first-order valence-corrected chi connectivity index (χ1v) is 6.61. The maximum Gasteiger partial charge on any atom is 0.122 e. The molecule has 0 spiro atoms. The van der Waals surface area contributed by atoms with Crippen LogP contribution >= 0.6 is 0 Å². The van der Waals surface area contributed by atoms with Crippen LogP contribution in [0.4, 0.5) is 5.69 Å². The lowest BCUT2D eigenvalue weighted by Crippen LogP contribution is -2.08. The van der Waals surface area contributed by atoms with Gasteiger partial charge in [0, 0.05) is 18.1 Å². The number of amidine groups is 1. The van der Waals surface area contributed by atoms with E-state index in [4.69, 9.17) is 10.5 Å². The largest absolute Gasteiger partial charge is 0.489 e. The van der Waals surface area contributed by atoms with Gasteiger partial charge in [-0.1, -0.05) is 42.5 Å². The number of benzene rings is 2. The van der Waals surface area contributed by atoms with Crippen molar-refractivity contribution in [1.82, 2.24) is 0 Å². The van der Waals surface area contributed by atoms with Gasteiger partial charge >= 0.3 is 0 Å². The van der Waals surface area contributed by atoms with Gasteiger partial charge < -0.3 is 10.5 Å². The molecule has 0 fully saturated rings. The van der Waals surface area contributed by atoms with Crippen LogP contribution in [0.5, 0.6) is 5.75 Å². The smallest absolute Gasteiger partial charge is 0.122 e. The van der Waals surface area contributed by atoms with Crippen molar-refractivity contribution >= 4 is 17.6 Å². The molecule has 0 atom stereocenters. The van der Waals surface area contributed by atoms with Gasteiger partial charge in [-0.15, -0.1) is 0 Å². The standard InChI is InChI=1S/C17H16N2O/c18-17-8-4-7-14-9-10-15(11-16(14)19-17)20-12-13-5-2-1-3-6-13/h1-7,9-11H,8,12H2,(H2,18,19). The van der Waals surface area contributed by atoms with Crippen molar-refractivity contribution in [3.8, 4) is 5.75 Å². The molecule has 1 aliphatic heterocycles. The Bertz CT molecular complexity index is 660. The van der Waals surface area contributed by atoms with Gasteiger partial charge in [-0.25, -0.2) is 4.99 Å². The third-order valence-electron chi connectivity index (χ3n) is 3.14. The highest BCUT2D eigenvalue weighted by Gasteiger charge is 2.06. The van der Waals surface area contributed by atoms with Gasteiger partial charge in [-0.3, -0.25) is 0 Å². The zero-order valence-corrected chi connectivity index (χ0v) is 11.1. The zero-order chi connectivity index (χ0) is 13.8. The summed E-state index contributed by atoms with van der Waals surface area (Å²) >= 11 is 0. The van der Waals surface area contributed by atoms with Crippen LogP contribution in [0.25, 0.3) is 6.08 Å². The fraction of sp³-hybridized carbons (Fsp3) is 0.118. The van der Waals surface area contributed by atoms with Crippen LogP contribution in [0.2, 0.25) is 0 Å². The maximum absolute atomic E-state index is 5.82. The molecule has 0 amide bonds. The minimum Gasteiger partial charge on any atom is -0.489 e. The van der Waals surface area contributed by atoms with Gasteiger partial charge in [0.15, 0.2) is 0 Å². The first-order chi connectivity index (χ1) is 9.81. The van der Waals surface area contributed by atoms with Crippen LogP contribution in [-0.4, -0.2) is 5.84 Å². The molecule has 3 heteroatoms. The minimum absolute atomic E-state index is 0.550. The Balaban J connectivity index is 1.79. The van der Waals surface area contributed by atoms with Gasteiger partial charge in [-0.05, 0) is 17.7 Å². The van der Waals surface area contributed by atoms with Gasteiger partial charge in [0.2, 0.25) is 0 Å². The summed E-state index contributed by atoms with van der Waals surface area (Å²) in [7, 11) is 0. The molecule has 0 aromatic heterocycles. The van der Waals surface area contributed by atoms with Crippen LogP contribution in [0.1, 0.15) is 17.5 Å². The Morgan fingerprint density at radius 3 is 2.80 bits per heavy atom. The number of nitrogens with zero attached hydrogens (tertiary/aromatic N) is 1. The molecule has 1 heterocycles. The van der Waals surface area contributed by atoms with E-state index >= 15 is 0 Å².